The summed E-state index contributed by atoms with van der Waals surface area (Å²) in [5.74, 6) is 0.958. The van der Waals surface area contributed by atoms with Crippen LogP contribution in [0.2, 0.25) is 0 Å². The first-order valence-electron chi connectivity index (χ1n) is 4.83. The molecule has 0 aromatic heterocycles. The molecule has 1 unspecified atom stereocenters. The van der Waals surface area contributed by atoms with Gasteiger partial charge in [0.1, 0.15) is 0 Å². The van der Waals surface area contributed by atoms with Crippen LogP contribution in [0.15, 0.2) is 0 Å². The summed E-state index contributed by atoms with van der Waals surface area (Å²) in [5, 5.41) is 2.80. The molecular weight excluding hydrogens is 215 g/mol. The topological polar surface area (TPSA) is 12.0 Å². The Bertz CT molecular complexity index is 139. The van der Waals surface area contributed by atoms with Crippen LogP contribution in [0.25, 0.3) is 0 Å². The summed E-state index contributed by atoms with van der Waals surface area (Å²) in [6.45, 7) is 2.64. The molecule has 1 atom stereocenters. The Hall–Kier alpha value is 0.0400. The highest BCUT2D eigenvalue weighted by atomic mass is 35.5. The van der Waals surface area contributed by atoms with Gasteiger partial charge >= 0.3 is 6.18 Å². The molecular formula is C9H17ClF3N. The van der Waals surface area contributed by atoms with Gasteiger partial charge in [-0.2, -0.15) is 13.2 Å². The van der Waals surface area contributed by atoms with Gasteiger partial charge in [-0.1, -0.05) is 13.3 Å². The molecule has 14 heavy (non-hydrogen) atoms. The maximum atomic E-state index is 11.7. The highest BCUT2D eigenvalue weighted by molar-refractivity contribution is 6.17. The van der Waals surface area contributed by atoms with Crippen LogP contribution in [0.1, 0.15) is 26.2 Å². The van der Waals surface area contributed by atoms with Crippen molar-refractivity contribution >= 4 is 11.6 Å². The molecule has 5 heteroatoms. The van der Waals surface area contributed by atoms with Crippen molar-refractivity contribution in [2.75, 3.05) is 19.0 Å². The predicted molar refractivity (Wildman–Crippen MR) is 52.7 cm³/mol. The molecule has 1 N–H and O–H groups in total. The van der Waals surface area contributed by atoms with Crippen molar-refractivity contribution in [2.24, 2.45) is 5.92 Å². The fourth-order valence-corrected chi connectivity index (χ4v) is 1.45. The molecule has 0 amide bonds. The first-order chi connectivity index (χ1) is 6.49. The lowest BCUT2D eigenvalue weighted by Crippen LogP contribution is -2.27. The van der Waals surface area contributed by atoms with Crippen LogP contribution in [0.5, 0.6) is 0 Å². The minimum atomic E-state index is -4.05. The van der Waals surface area contributed by atoms with Crippen molar-refractivity contribution < 1.29 is 13.2 Å². The van der Waals surface area contributed by atoms with Crippen molar-refractivity contribution in [1.29, 1.82) is 0 Å². The molecule has 0 heterocycles. The molecule has 0 aliphatic heterocycles. The van der Waals surface area contributed by atoms with Crippen LogP contribution in [0.4, 0.5) is 13.2 Å². The molecule has 0 aliphatic carbocycles. The Morgan fingerprint density at radius 1 is 1.36 bits per heavy atom. The van der Waals surface area contributed by atoms with Crippen molar-refractivity contribution in [3.8, 4) is 0 Å². The Morgan fingerprint density at radius 3 is 2.43 bits per heavy atom. The van der Waals surface area contributed by atoms with E-state index in [0.717, 1.165) is 12.8 Å². The summed E-state index contributed by atoms with van der Waals surface area (Å²) >= 11 is 5.55. The third-order valence-corrected chi connectivity index (χ3v) is 2.33. The van der Waals surface area contributed by atoms with Crippen LogP contribution < -0.4 is 5.32 Å². The third-order valence-electron chi connectivity index (χ3n) is 2.11. The second-order valence-corrected chi connectivity index (χ2v) is 3.70. The number of halogens is 4. The van der Waals surface area contributed by atoms with E-state index in [0.29, 0.717) is 18.3 Å². The van der Waals surface area contributed by atoms with Gasteiger partial charge in [0.25, 0.3) is 0 Å². The molecule has 0 aromatic carbocycles. The van der Waals surface area contributed by atoms with Crippen molar-refractivity contribution in [3.63, 3.8) is 0 Å². The minimum absolute atomic E-state index is 0.00227. The maximum Gasteiger partial charge on any atom is 0.390 e. The summed E-state index contributed by atoms with van der Waals surface area (Å²) in [4.78, 5) is 0. The summed E-state index contributed by atoms with van der Waals surface area (Å²) in [5.41, 5.74) is 0. The fraction of sp³-hybridized carbons (Fsp3) is 1.00. The van der Waals surface area contributed by atoms with E-state index in [9.17, 15) is 13.2 Å². The molecule has 0 rings (SSSR count). The van der Waals surface area contributed by atoms with E-state index in [-0.39, 0.29) is 6.54 Å². The second-order valence-electron chi connectivity index (χ2n) is 3.32. The van der Waals surface area contributed by atoms with Gasteiger partial charge in [-0.3, -0.25) is 0 Å². The highest BCUT2D eigenvalue weighted by Crippen LogP contribution is 2.18. The summed E-state index contributed by atoms with van der Waals surface area (Å²) in [7, 11) is 0. The average molecular weight is 232 g/mol. The number of hydrogen-bond acceptors (Lipinski definition) is 1. The smallest absolute Gasteiger partial charge is 0.316 e. The summed E-state index contributed by atoms with van der Waals surface area (Å²) < 4.78 is 35.2. The fourth-order valence-electron chi connectivity index (χ4n) is 1.14. The lowest BCUT2D eigenvalue weighted by atomic mass is 10.0. The normalized spacial score (nSPS) is 14.4. The minimum Gasteiger partial charge on any atom is -0.316 e. The van der Waals surface area contributed by atoms with Crippen molar-refractivity contribution in [2.45, 2.75) is 32.4 Å². The van der Waals surface area contributed by atoms with Gasteiger partial charge in [0, 0.05) is 12.4 Å². The largest absolute Gasteiger partial charge is 0.390 e. The Morgan fingerprint density at radius 2 is 2.00 bits per heavy atom. The first kappa shape index (κ1) is 14.0. The van der Waals surface area contributed by atoms with Gasteiger partial charge < -0.3 is 5.32 Å². The zero-order chi connectivity index (χ0) is 11.0. The molecule has 86 valence electrons. The van der Waals surface area contributed by atoms with Crippen molar-refractivity contribution in [1.82, 2.24) is 5.32 Å². The zero-order valence-electron chi connectivity index (χ0n) is 8.33. The maximum absolute atomic E-state index is 11.7. The molecule has 0 radical (unpaired) electrons. The predicted octanol–water partition coefficient (Wildman–Crippen LogP) is 3.18. The van der Waals surface area contributed by atoms with Gasteiger partial charge in [-0.05, 0) is 18.9 Å². The molecule has 0 aromatic rings. The quantitative estimate of drug-likeness (QED) is 0.524. The SMILES string of the molecule is CCC(CCCl)CNCCC(F)(F)F. The highest BCUT2D eigenvalue weighted by Gasteiger charge is 2.25. The number of nitrogens with one attached hydrogen (secondary N) is 1. The first-order valence-corrected chi connectivity index (χ1v) is 5.36. The van der Waals surface area contributed by atoms with Crippen molar-refractivity contribution in [3.05, 3.63) is 0 Å². The number of rotatable bonds is 7. The third kappa shape index (κ3) is 8.63. The van der Waals surface area contributed by atoms with E-state index in [1.807, 2.05) is 6.92 Å². The van der Waals surface area contributed by atoms with E-state index in [1.54, 1.807) is 0 Å². The van der Waals surface area contributed by atoms with Crippen LogP contribution >= 0.6 is 11.6 Å². The van der Waals surface area contributed by atoms with Gasteiger partial charge in [-0.25, -0.2) is 0 Å². The molecule has 0 saturated carbocycles. The van der Waals surface area contributed by atoms with Gasteiger partial charge in [0.15, 0.2) is 0 Å². The Balaban J connectivity index is 3.42. The second kappa shape index (κ2) is 7.35. The lowest BCUT2D eigenvalue weighted by Gasteiger charge is -2.14. The molecule has 0 fully saturated rings. The van der Waals surface area contributed by atoms with E-state index < -0.39 is 12.6 Å². The van der Waals surface area contributed by atoms with Gasteiger partial charge in [-0.15, -0.1) is 11.6 Å². The summed E-state index contributed by atoms with van der Waals surface area (Å²) in [6.07, 6.45) is -3.01. The molecule has 1 nitrogen and oxygen atoms in total. The Labute approximate surface area is 88.0 Å². The van der Waals surface area contributed by atoms with E-state index in [1.165, 1.54) is 0 Å². The monoisotopic (exact) mass is 231 g/mol. The van der Waals surface area contributed by atoms with E-state index >= 15 is 0 Å². The molecule has 0 aliphatic rings. The van der Waals surface area contributed by atoms with Crippen LogP contribution in [-0.4, -0.2) is 25.1 Å². The van der Waals surface area contributed by atoms with Gasteiger partial charge in [0.05, 0.1) is 6.42 Å². The molecule has 0 saturated heterocycles. The molecule has 0 spiro atoms. The van der Waals surface area contributed by atoms with E-state index in [4.69, 9.17) is 11.6 Å². The lowest BCUT2D eigenvalue weighted by molar-refractivity contribution is -0.133. The Kier molecular flexibility index (Phi) is 7.37. The zero-order valence-corrected chi connectivity index (χ0v) is 9.09. The van der Waals surface area contributed by atoms with Crippen LogP contribution in [0, 0.1) is 5.92 Å². The average Bonchev–Trinajstić information content (AvgIpc) is 2.08. The number of alkyl halides is 4. The summed E-state index contributed by atoms with van der Waals surface area (Å²) in [6, 6.07) is 0. The molecule has 0 bridgehead atoms. The number of hydrogen-bond donors (Lipinski definition) is 1. The van der Waals surface area contributed by atoms with Crippen LogP contribution in [-0.2, 0) is 0 Å². The standard InChI is InChI=1S/C9H17ClF3N/c1-2-8(3-5-10)7-14-6-4-9(11,12)13/h8,14H,2-7H2,1H3. The van der Waals surface area contributed by atoms with Gasteiger partial charge in [0.2, 0.25) is 0 Å². The van der Waals surface area contributed by atoms with Crippen LogP contribution in [0.3, 0.4) is 0 Å². The van der Waals surface area contributed by atoms with E-state index in [2.05, 4.69) is 5.32 Å².